The predicted octanol–water partition coefficient (Wildman–Crippen LogP) is 5.21. The summed E-state index contributed by atoms with van der Waals surface area (Å²) < 4.78 is 13.2. The molecule has 1 atom stereocenters. The molecule has 0 bridgehead atoms. The molecular weight excluding hydrogens is 281 g/mol. The smallest absolute Gasteiger partial charge is 0.123 e. The molecule has 0 saturated heterocycles. The highest BCUT2D eigenvalue weighted by atomic mass is 32.1. The molecule has 1 heterocycles. The highest BCUT2D eigenvalue weighted by Gasteiger charge is 2.33. The molecule has 3 heteroatoms. The molecule has 1 nitrogen and oxygen atoms in total. The minimum absolute atomic E-state index is 0.102. The van der Waals surface area contributed by atoms with E-state index in [1.807, 2.05) is 12.1 Å². The lowest BCUT2D eigenvalue weighted by molar-refractivity contribution is 0.347. The van der Waals surface area contributed by atoms with Gasteiger partial charge < -0.3 is 5.32 Å². The molecule has 0 aliphatic heterocycles. The minimum Gasteiger partial charge on any atom is -0.309 e. The molecule has 0 radical (unpaired) electrons. The topological polar surface area (TPSA) is 12.0 Å². The van der Waals surface area contributed by atoms with Crippen molar-refractivity contribution in [1.29, 1.82) is 0 Å². The molecule has 1 unspecified atom stereocenters. The van der Waals surface area contributed by atoms with Crippen LogP contribution in [0.5, 0.6) is 0 Å². The van der Waals surface area contributed by atoms with Crippen LogP contribution in [0.25, 0.3) is 0 Å². The lowest BCUT2D eigenvalue weighted by atomic mass is 9.75. The Hall–Kier alpha value is -1.19. The van der Waals surface area contributed by atoms with Gasteiger partial charge in [0.2, 0.25) is 0 Å². The molecule has 0 saturated carbocycles. The molecule has 2 rings (SSSR count). The first-order valence-electron chi connectivity index (χ1n) is 7.50. The Morgan fingerprint density at radius 2 is 1.86 bits per heavy atom. The quantitative estimate of drug-likeness (QED) is 0.772. The van der Waals surface area contributed by atoms with Crippen LogP contribution in [-0.2, 0) is 5.41 Å². The molecule has 0 fully saturated rings. The number of aryl methyl sites for hydroxylation is 1. The fourth-order valence-corrected chi connectivity index (χ4v) is 3.52. The highest BCUT2D eigenvalue weighted by Crippen LogP contribution is 2.39. The van der Waals surface area contributed by atoms with Gasteiger partial charge in [-0.3, -0.25) is 0 Å². The molecule has 21 heavy (non-hydrogen) atoms. The summed E-state index contributed by atoms with van der Waals surface area (Å²) >= 11 is 1.78. The van der Waals surface area contributed by atoms with Crippen molar-refractivity contribution >= 4 is 11.3 Å². The second-order valence-electron chi connectivity index (χ2n) is 6.05. The number of benzene rings is 1. The number of hydrogen-bond acceptors (Lipinski definition) is 2. The first kappa shape index (κ1) is 16.2. The molecule has 0 aliphatic rings. The van der Waals surface area contributed by atoms with Crippen LogP contribution in [-0.4, -0.2) is 6.54 Å². The summed E-state index contributed by atoms with van der Waals surface area (Å²) in [7, 11) is 0. The summed E-state index contributed by atoms with van der Waals surface area (Å²) in [5.74, 6) is -0.181. The van der Waals surface area contributed by atoms with Crippen molar-refractivity contribution in [3.05, 3.63) is 57.5 Å². The number of rotatable bonds is 6. The average Bonchev–Trinajstić information content (AvgIpc) is 2.86. The molecule has 2 aromatic rings. The van der Waals surface area contributed by atoms with Crippen molar-refractivity contribution in [2.45, 2.75) is 45.6 Å². The van der Waals surface area contributed by atoms with Crippen molar-refractivity contribution in [2.75, 3.05) is 6.54 Å². The fraction of sp³-hybridized carbons (Fsp3) is 0.444. The van der Waals surface area contributed by atoms with Gasteiger partial charge in [0.05, 0.1) is 0 Å². The zero-order valence-corrected chi connectivity index (χ0v) is 14.1. The third-order valence-electron chi connectivity index (χ3n) is 4.12. The zero-order chi connectivity index (χ0) is 15.5. The maximum atomic E-state index is 13.2. The Bertz CT molecular complexity index is 571. The van der Waals surface area contributed by atoms with Crippen molar-refractivity contribution in [1.82, 2.24) is 5.32 Å². The van der Waals surface area contributed by atoms with Crippen LogP contribution in [0.2, 0.25) is 0 Å². The van der Waals surface area contributed by atoms with E-state index < -0.39 is 0 Å². The SMILES string of the molecule is CCCNC(c1ccsc1C)C(C)(C)c1ccc(F)cc1. The molecule has 0 aliphatic carbocycles. The van der Waals surface area contributed by atoms with Gasteiger partial charge >= 0.3 is 0 Å². The number of halogens is 1. The second-order valence-corrected chi connectivity index (χ2v) is 7.17. The summed E-state index contributed by atoms with van der Waals surface area (Å²) in [5.41, 5.74) is 2.40. The van der Waals surface area contributed by atoms with Gasteiger partial charge in [0.15, 0.2) is 0 Å². The lowest BCUT2D eigenvalue weighted by Crippen LogP contribution is -2.38. The van der Waals surface area contributed by atoms with Gasteiger partial charge in [0.1, 0.15) is 5.82 Å². The third kappa shape index (κ3) is 3.53. The summed E-state index contributed by atoms with van der Waals surface area (Å²) in [6.07, 6.45) is 1.10. The van der Waals surface area contributed by atoms with Crippen LogP contribution in [0.15, 0.2) is 35.7 Å². The van der Waals surface area contributed by atoms with Gasteiger partial charge in [-0.05, 0) is 54.6 Å². The second kappa shape index (κ2) is 6.71. The van der Waals surface area contributed by atoms with Gasteiger partial charge in [-0.2, -0.15) is 0 Å². The number of nitrogens with one attached hydrogen (secondary N) is 1. The average molecular weight is 305 g/mol. The largest absolute Gasteiger partial charge is 0.309 e. The molecular formula is C18H24FNS. The van der Waals surface area contributed by atoms with Crippen molar-refractivity contribution in [2.24, 2.45) is 0 Å². The van der Waals surface area contributed by atoms with Gasteiger partial charge in [0, 0.05) is 16.3 Å². The summed E-state index contributed by atoms with van der Waals surface area (Å²) in [6, 6.07) is 9.34. The monoisotopic (exact) mass is 305 g/mol. The summed E-state index contributed by atoms with van der Waals surface area (Å²) in [4.78, 5) is 1.35. The third-order valence-corrected chi connectivity index (χ3v) is 4.98. The van der Waals surface area contributed by atoms with Gasteiger partial charge in [-0.1, -0.05) is 32.9 Å². The Morgan fingerprint density at radius 3 is 2.38 bits per heavy atom. The first-order chi connectivity index (χ1) is 9.96. The molecule has 114 valence electrons. The maximum Gasteiger partial charge on any atom is 0.123 e. The normalized spacial score (nSPS) is 13.4. The summed E-state index contributed by atoms with van der Waals surface area (Å²) in [6.45, 7) is 9.77. The van der Waals surface area contributed by atoms with Gasteiger partial charge in [-0.25, -0.2) is 4.39 Å². The van der Waals surface area contributed by atoms with Crippen molar-refractivity contribution in [3.63, 3.8) is 0 Å². The van der Waals surface area contributed by atoms with Crippen LogP contribution in [0, 0.1) is 12.7 Å². The minimum atomic E-state index is -0.181. The van der Waals surface area contributed by atoms with Gasteiger partial charge in [0.25, 0.3) is 0 Å². The van der Waals surface area contributed by atoms with E-state index in [1.165, 1.54) is 10.4 Å². The molecule has 0 amide bonds. The Kier molecular flexibility index (Phi) is 5.17. The van der Waals surface area contributed by atoms with Crippen LogP contribution in [0.3, 0.4) is 0 Å². The van der Waals surface area contributed by atoms with E-state index in [0.717, 1.165) is 18.5 Å². The molecule has 1 N–H and O–H groups in total. The van der Waals surface area contributed by atoms with E-state index in [9.17, 15) is 4.39 Å². The zero-order valence-electron chi connectivity index (χ0n) is 13.2. The molecule has 0 spiro atoms. The van der Waals surface area contributed by atoms with Crippen LogP contribution in [0.1, 0.15) is 49.2 Å². The van der Waals surface area contributed by atoms with Crippen molar-refractivity contribution in [3.8, 4) is 0 Å². The summed E-state index contributed by atoms with van der Waals surface area (Å²) in [5, 5.41) is 5.82. The van der Waals surface area contributed by atoms with E-state index >= 15 is 0 Å². The van der Waals surface area contributed by atoms with E-state index in [2.05, 4.69) is 44.5 Å². The maximum absolute atomic E-state index is 13.2. The van der Waals surface area contributed by atoms with E-state index in [-0.39, 0.29) is 17.3 Å². The van der Waals surface area contributed by atoms with E-state index in [0.29, 0.717) is 0 Å². The molecule has 1 aromatic carbocycles. The number of thiophene rings is 1. The molecule has 1 aromatic heterocycles. The lowest BCUT2D eigenvalue weighted by Gasteiger charge is -2.36. The van der Waals surface area contributed by atoms with Crippen LogP contribution < -0.4 is 5.32 Å². The standard InChI is InChI=1S/C18H24FNS/c1-5-11-20-17(16-10-12-21-13(16)2)18(3,4)14-6-8-15(19)9-7-14/h6-10,12,17,20H,5,11H2,1-4H3. The van der Waals surface area contributed by atoms with Gasteiger partial charge in [-0.15, -0.1) is 11.3 Å². The first-order valence-corrected chi connectivity index (χ1v) is 8.38. The Labute approximate surface area is 131 Å². The van der Waals surface area contributed by atoms with Crippen molar-refractivity contribution < 1.29 is 4.39 Å². The Morgan fingerprint density at radius 1 is 1.19 bits per heavy atom. The number of hydrogen-bond donors (Lipinski definition) is 1. The van der Waals surface area contributed by atoms with Crippen LogP contribution in [0.4, 0.5) is 4.39 Å². The van der Waals surface area contributed by atoms with Crippen LogP contribution >= 0.6 is 11.3 Å². The Balaban J connectivity index is 2.39. The fourth-order valence-electron chi connectivity index (χ4n) is 2.78. The van der Waals surface area contributed by atoms with E-state index in [4.69, 9.17) is 0 Å². The highest BCUT2D eigenvalue weighted by molar-refractivity contribution is 7.10. The van der Waals surface area contributed by atoms with E-state index in [1.54, 1.807) is 23.5 Å². The predicted molar refractivity (Wildman–Crippen MR) is 89.5 cm³/mol.